The van der Waals surface area contributed by atoms with Crippen LogP contribution in [0.1, 0.15) is 19.3 Å². The maximum absolute atomic E-state index is 11.8. The van der Waals surface area contributed by atoms with Gasteiger partial charge >= 0.3 is 0 Å². The van der Waals surface area contributed by atoms with Crippen molar-refractivity contribution in [3.8, 4) is 0 Å². The standard InChI is InChI=1S/C9H19N4O2P/c1-2-3-6-11-12-16(15)13-7-4-5-8(10)9(13)14/h2,8,11,16H,1,3-7,10H2,(H,12,15)/t8-/m0/s1. The summed E-state index contributed by atoms with van der Waals surface area (Å²) in [7, 11) is -2.29. The first-order chi connectivity index (χ1) is 7.66. The van der Waals surface area contributed by atoms with Crippen molar-refractivity contribution in [3.05, 3.63) is 12.7 Å². The maximum atomic E-state index is 11.8. The third kappa shape index (κ3) is 3.72. The number of rotatable bonds is 6. The number of nitrogens with zero attached hydrogens (tertiary/aromatic N) is 1. The molecular weight excluding hydrogens is 227 g/mol. The van der Waals surface area contributed by atoms with Crippen LogP contribution >= 0.6 is 8.10 Å². The SMILES string of the molecule is C=CCCNN[PH](=O)N1CCC[C@H](N)C1=O. The van der Waals surface area contributed by atoms with Crippen LogP contribution in [-0.2, 0) is 9.36 Å². The summed E-state index contributed by atoms with van der Waals surface area (Å²) in [6, 6.07) is -0.502. The van der Waals surface area contributed by atoms with Gasteiger partial charge in [-0.1, -0.05) is 6.08 Å². The minimum absolute atomic E-state index is 0.229. The summed E-state index contributed by atoms with van der Waals surface area (Å²) in [6.45, 7) is 4.72. The maximum Gasteiger partial charge on any atom is 0.245 e. The third-order valence-corrected chi connectivity index (χ3v) is 3.72. The van der Waals surface area contributed by atoms with Gasteiger partial charge in [0.05, 0.1) is 6.04 Å². The van der Waals surface area contributed by atoms with E-state index in [1.807, 2.05) is 0 Å². The summed E-state index contributed by atoms with van der Waals surface area (Å²) in [6.07, 6.45) is 4.01. The average molecular weight is 246 g/mol. The van der Waals surface area contributed by atoms with Crippen molar-refractivity contribution in [1.82, 2.24) is 15.3 Å². The molecule has 1 aliphatic heterocycles. The Labute approximate surface area is 96.1 Å². The van der Waals surface area contributed by atoms with Crippen LogP contribution in [0.5, 0.6) is 0 Å². The first kappa shape index (κ1) is 13.4. The van der Waals surface area contributed by atoms with Gasteiger partial charge in [-0.05, 0) is 19.3 Å². The van der Waals surface area contributed by atoms with Crippen LogP contribution in [-0.4, -0.2) is 29.7 Å². The summed E-state index contributed by atoms with van der Waals surface area (Å²) in [4.78, 5) is 11.6. The van der Waals surface area contributed by atoms with E-state index in [-0.39, 0.29) is 5.91 Å². The molecule has 0 spiro atoms. The first-order valence-corrected chi connectivity index (χ1v) is 6.73. The predicted molar refractivity (Wildman–Crippen MR) is 63.9 cm³/mol. The molecule has 0 saturated carbocycles. The van der Waals surface area contributed by atoms with E-state index >= 15 is 0 Å². The second-order valence-corrected chi connectivity index (χ2v) is 5.07. The zero-order valence-electron chi connectivity index (χ0n) is 9.24. The van der Waals surface area contributed by atoms with Crippen molar-refractivity contribution in [2.75, 3.05) is 13.1 Å². The Kier molecular flexibility index (Phi) is 5.69. The van der Waals surface area contributed by atoms with Crippen LogP contribution in [0.4, 0.5) is 0 Å². The van der Waals surface area contributed by atoms with Gasteiger partial charge in [0.2, 0.25) is 14.0 Å². The Hall–Kier alpha value is -0.680. The fourth-order valence-electron chi connectivity index (χ4n) is 1.48. The van der Waals surface area contributed by atoms with E-state index in [0.29, 0.717) is 19.5 Å². The number of hydrogen-bond donors (Lipinski definition) is 3. The van der Waals surface area contributed by atoms with Gasteiger partial charge in [0.15, 0.2) is 0 Å². The molecule has 1 unspecified atom stereocenters. The van der Waals surface area contributed by atoms with Crippen LogP contribution in [0.25, 0.3) is 0 Å². The van der Waals surface area contributed by atoms with Crippen molar-refractivity contribution in [2.24, 2.45) is 5.73 Å². The van der Waals surface area contributed by atoms with Crippen LogP contribution < -0.4 is 16.4 Å². The lowest BCUT2D eigenvalue weighted by molar-refractivity contribution is -0.129. The fraction of sp³-hybridized carbons (Fsp3) is 0.667. The van der Waals surface area contributed by atoms with Gasteiger partial charge in [0, 0.05) is 13.1 Å². The summed E-state index contributed by atoms with van der Waals surface area (Å²) in [5.74, 6) is -0.229. The molecule has 7 heteroatoms. The number of nitrogens with one attached hydrogen (secondary N) is 2. The predicted octanol–water partition coefficient (Wildman–Crippen LogP) is -0.00390. The topological polar surface area (TPSA) is 87.5 Å². The molecule has 2 atom stereocenters. The fourth-order valence-corrected chi connectivity index (χ4v) is 2.62. The van der Waals surface area contributed by atoms with Crippen molar-refractivity contribution < 1.29 is 9.36 Å². The van der Waals surface area contributed by atoms with Crippen molar-refractivity contribution in [1.29, 1.82) is 0 Å². The lowest BCUT2D eigenvalue weighted by Crippen LogP contribution is -2.47. The van der Waals surface area contributed by atoms with Gasteiger partial charge in [-0.15, -0.1) is 6.58 Å². The second kappa shape index (κ2) is 6.81. The highest BCUT2D eigenvalue weighted by Gasteiger charge is 2.28. The number of carbonyl (C=O) groups is 1. The largest absolute Gasteiger partial charge is 0.320 e. The molecule has 0 aromatic carbocycles. The van der Waals surface area contributed by atoms with Crippen LogP contribution in [0, 0.1) is 0 Å². The summed E-state index contributed by atoms with van der Waals surface area (Å²) >= 11 is 0. The Morgan fingerprint density at radius 3 is 3.12 bits per heavy atom. The number of nitrogens with two attached hydrogens (primary N) is 1. The average Bonchev–Trinajstić information content (AvgIpc) is 2.28. The lowest BCUT2D eigenvalue weighted by atomic mass is 10.1. The van der Waals surface area contributed by atoms with E-state index < -0.39 is 14.1 Å². The Morgan fingerprint density at radius 2 is 2.44 bits per heavy atom. The Morgan fingerprint density at radius 1 is 1.69 bits per heavy atom. The van der Waals surface area contributed by atoms with Crippen molar-refractivity contribution >= 4 is 14.0 Å². The monoisotopic (exact) mass is 246 g/mol. The molecule has 1 aliphatic rings. The van der Waals surface area contributed by atoms with Crippen molar-refractivity contribution in [3.63, 3.8) is 0 Å². The van der Waals surface area contributed by atoms with Crippen LogP contribution in [0.2, 0.25) is 0 Å². The molecular formula is C9H19N4O2P. The van der Waals surface area contributed by atoms with Gasteiger partial charge in [-0.2, -0.15) is 5.20 Å². The molecule has 6 nitrogen and oxygen atoms in total. The normalized spacial score (nSPS) is 23.2. The quantitative estimate of drug-likeness (QED) is 0.266. The summed E-state index contributed by atoms with van der Waals surface area (Å²) < 4.78 is 13.1. The minimum atomic E-state index is -2.29. The number of hydrazine groups is 1. The summed E-state index contributed by atoms with van der Waals surface area (Å²) in [5, 5.41) is 2.64. The molecule has 0 aromatic rings. The van der Waals surface area contributed by atoms with Gasteiger partial charge < -0.3 is 5.73 Å². The molecule has 4 N–H and O–H groups in total. The molecule has 1 saturated heterocycles. The Balaban J connectivity index is 2.34. The molecule has 0 aliphatic carbocycles. The van der Waals surface area contributed by atoms with Gasteiger partial charge in [0.1, 0.15) is 0 Å². The van der Waals surface area contributed by atoms with Gasteiger partial charge in [-0.3, -0.25) is 19.5 Å². The van der Waals surface area contributed by atoms with Crippen LogP contribution in [0.15, 0.2) is 12.7 Å². The van der Waals surface area contributed by atoms with E-state index in [0.717, 1.165) is 12.8 Å². The zero-order valence-corrected chi connectivity index (χ0v) is 10.2. The highest BCUT2D eigenvalue weighted by molar-refractivity contribution is 7.40. The minimum Gasteiger partial charge on any atom is -0.320 e. The second-order valence-electron chi connectivity index (χ2n) is 3.67. The highest BCUT2D eigenvalue weighted by atomic mass is 31.1. The lowest BCUT2D eigenvalue weighted by Gasteiger charge is -2.29. The number of carbonyl (C=O) groups excluding carboxylic acids is 1. The van der Waals surface area contributed by atoms with E-state index in [1.54, 1.807) is 6.08 Å². The molecule has 1 fully saturated rings. The molecule has 1 heterocycles. The van der Waals surface area contributed by atoms with E-state index in [1.165, 1.54) is 4.67 Å². The molecule has 0 bridgehead atoms. The van der Waals surface area contributed by atoms with Crippen LogP contribution in [0.3, 0.4) is 0 Å². The first-order valence-electron chi connectivity index (χ1n) is 5.37. The molecule has 16 heavy (non-hydrogen) atoms. The zero-order chi connectivity index (χ0) is 12.0. The Bertz CT molecular complexity index is 285. The van der Waals surface area contributed by atoms with Crippen molar-refractivity contribution in [2.45, 2.75) is 25.3 Å². The number of piperidine rings is 1. The number of hydrogen-bond acceptors (Lipinski definition) is 4. The summed E-state index contributed by atoms with van der Waals surface area (Å²) in [5.41, 5.74) is 8.40. The smallest absolute Gasteiger partial charge is 0.245 e. The van der Waals surface area contributed by atoms with Gasteiger partial charge in [0.25, 0.3) is 0 Å². The number of amides is 1. The van der Waals surface area contributed by atoms with E-state index in [9.17, 15) is 9.36 Å². The third-order valence-electron chi connectivity index (χ3n) is 2.39. The molecule has 0 radical (unpaired) electrons. The van der Waals surface area contributed by atoms with E-state index in [4.69, 9.17) is 5.73 Å². The molecule has 1 rings (SSSR count). The molecule has 1 amide bonds. The van der Waals surface area contributed by atoms with E-state index in [2.05, 4.69) is 17.2 Å². The molecule has 92 valence electrons. The highest BCUT2D eigenvalue weighted by Crippen LogP contribution is 2.26. The molecule has 0 aromatic heterocycles. The van der Waals surface area contributed by atoms with Gasteiger partial charge in [-0.25, -0.2) is 0 Å².